The molecular formula is C17H24N2O2. The van der Waals surface area contributed by atoms with Crippen LogP contribution >= 0.6 is 0 Å². The maximum absolute atomic E-state index is 12.4. The van der Waals surface area contributed by atoms with Crippen molar-refractivity contribution in [3.8, 4) is 0 Å². The molecule has 1 aromatic carbocycles. The summed E-state index contributed by atoms with van der Waals surface area (Å²) in [6.45, 7) is 6.13. The molecule has 1 aromatic rings. The summed E-state index contributed by atoms with van der Waals surface area (Å²) in [5.74, 6) is -0.148. The van der Waals surface area contributed by atoms with Crippen molar-refractivity contribution in [3.63, 3.8) is 0 Å². The topological polar surface area (TPSA) is 49.4 Å². The Labute approximate surface area is 126 Å². The molecule has 21 heavy (non-hydrogen) atoms. The van der Waals surface area contributed by atoms with Crippen molar-refractivity contribution in [2.45, 2.75) is 58.5 Å². The molecule has 1 N–H and O–H groups in total. The van der Waals surface area contributed by atoms with Crippen molar-refractivity contribution in [2.75, 3.05) is 5.32 Å². The highest BCUT2D eigenvalue weighted by Crippen LogP contribution is 2.23. The van der Waals surface area contributed by atoms with Gasteiger partial charge >= 0.3 is 0 Å². The van der Waals surface area contributed by atoms with E-state index < -0.39 is 6.04 Å². The fraction of sp³-hybridized carbons (Fsp3) is 0.529. The van der Waals surface area contributed by atoms with Crippen molar-refractivity contribution in [2.24, 2.45) is 0 Å². The molecule has 0 aliphatic carbocycles. The minimum absolute atomic E-state index is 0.0271. The van der Waals surface area contributed by atoms with Gasteiger partial charge in [-0.2, -0.15) is 0 Å². The van der Waals surface area contributed by atoms with Crippen molar-refractivity contribution in [1.82, 2.24) is 4.90 Å². The summed E-state index contributed by atoms with van der Waals surface area (Å²) in [4.78, 5) is 26.0. The van der Waals surface area contributed by atoms with Gasteiger partial charge in [-0.15, -0.1) is 0 Å². The van der Waals surface area contributed by atoms with Crippen molar-refractivity contribution in [1.29, 1.82) is 0 Å². The Balaban J connectivity index is 2.07. The Hall–Kier alpha value is -1.84. The van der Waals surface area contributed by atoms with Gasteiger partial charge in [0.05, 0.1) is 6.42 Å². The molecule has 1 aliphatic heterocycles. The minimum atomic E-state index is -0.425. The predicted molar refractivity (Wildman–Crippen MR) is 84.1 cm³/mol. The number of rotatable bonds is 6. The molecule has 1 aliphatic rings. The summed E-state index contributed by atoms with van der Waals surface area (Å²) in [6, 6.07) is 7.63. The highest BCUT2D eigenvalue weighted by molar-refractivity contribution is 6.07. The van der Waals surface area contributed by atoms with Gasteiger partial charge in [0.15, 0.2) is 0 Å². The van der Waals surface area contributed by atoms with Crippen LogP contribution < -0.4 is 5.32 Å². The quantitative estimate of drug-likeness (QED) is 0.819. The van der Waals surface area contributed by atoms with E-state index in [-0.39, 0.29) is 24.3 Å². The van der Waals surface area contributed by atoms with E-state index in [2.05, 4.69) is 12.2 Å². The number of nitrogens with one attached hydrogen (secondary N) is 1. The Kier molecular flexibility index (Phi) is 4.99. The minimum Gasteiger partial charge on any atom is -0.373 e. The molecule has 0 saturated carbocycles. The molecular weight excluding hydrogens is 264 g/mol. The average Bonchev–Trinajstić information content (AvgIpc) is 2.77. The zero-order chi connectivity index (χ0) is 15.4. The zero-order valence-electron chi connectivity index (χ0n) is 13.1. The van der Waals surface area contributed by atoms with Crippen LogP contribution in [0.1, 0.15) is 45.6 Å². The Morgan fingerprint density at radius 2 is 1.76 bits per heavy atom. The van der Waals surface area contributed by atoms with Gasteiger partial charge in [0, 0.05) is 11.7 Å². The van der Waals surface area contributed by atoms with Gasteiger partial charge in [-0.25, -0.2) is 0 Å². The van der Waals surface area contributed by atoms with Gasteiger partial charge in [0.1, 0.15) is 6.04 Å². The van der Waals surface area contributed by atoms with E-state index in [1.807, 2.05) is 38.1 Å². The second-order valence-corrected chi connectivity index (χ2v) is 5.52. The summed E-state index contributed by atoms with van der Waals surface area (Å²) in [6.07, 6.45) is 2.87. The van der Waals surface area contributed by atoms with Gasteiger partial charge in [-0.3, -0.25) is 14.5 Å². The Morgan fingerprint density at radius 3 is 2.29 bits per heavy atom. The fourth-order valence-electron chi connectivity index (χ4n) is 2.84. The lowest BCUT2D eigenvalue weighted by Crippen LogP contribution is -2.41. The highest BCUT2D eigenvalue weighted by Gasteiger charge is 2.41. The Bertz CT molecular complexity index is 506. The van der Waals surface area contributed by atoms with E-state index in [1.165, 1.54) is 10.5 Å². The summed E-state index contributed by atoms with van der Waals surface area (Å²) in [5.41, 5.74) is 2.15. The third-order valence-corrected chi connectivity index (χ3v) is 4.19. The number of anilines is 1. The maximum atomic E-state index is 12.4. The van der Waals surface area contributed by atoms with Crippen LogP contribution in [0.25, 0.3) is 0 Å². The molecule has 114 valence electrons. The number of hydrogen-bond donors (Lipinski definition) is 1. The van der Waals surface area contributed by atoms with E-state index in [0.29, 0.717) is 0 Å². The number of benzene rings is 1. The molecule has 1 atom stereocenters. The number of imide groups is 1. The number of aryl methyl sites for hydroxylation is 1. The molecule has 2 amide bonds. The van der Waals surface area contributed by atoms with E-state index in [0.717, 1.165) is 24.9 Å². The number of nitrogens with zero attached hydrogens (tertiary/aromatic N) is 1. The largest absolute Gasteiger partial charge is 0.373 e. The van der Waals surface area contributed by atoms with E-state index >= 15 is 0 Å². The number of carbonyl (C=O) groups is 2. The third-order valence-electron chi connectivity index (χ3n) is 4.19. The number of amides is 2. The monoisotopic (exact) mass is 288 g/mol. The lowest BCUT2D eigenvalue weighted by molar-refractivity contribution is -0.141. The second-order valence-electron chi connectivity index (χ2n) is 5.52. The van der Waals surface area contributed by atoms with Crippen LogP contribution in [0.4, 0.5) is 5.69 Å². The van der Waals surface area contributed by atoms with Crippen LogP contribution in [0.2, 0.25) is 0 Å². The van der Waals surface area contributed by atoms with Gasteiger partial charge in [-0.05, 0) is 37.0 Å². The molecule has 0 bridgehead atoms. The normalized spacial score (nSPS) is 18.7. The molecule has 0 aromatic heterocycles. The molecule has 1 unspecified atom stereocenters. The van der Waals surface area contributed by atoms with Gasteiger partial charge in [0.2, 0.25) is 5.91 Å². The van der Waals surface area contributed by atoms with E-state index in [1.54, 1.807) is 0 Å². The summed E-state index contributed by atoms with van der Waals surface area (Å²) in [7, 11) is 0. The first-order valence-electron chi connectivity index (χ1n) is 7.82. The van der Waals surface area contributed by atoms with Crippen LogP contribution in [0.5, 0.6) is 0 Å². The first kappa shape index (κ1) is 15.5. The van der Waals surface area contributed by atoms with Crippen LogP contribution in [-0.4, -0.2) is 28.8 Å². The van der Waals surface area contributed by atoms with E-state index in [4.69, 9.17) is 0 Å². The lowest BCUT2D eigenvalue weighted by Gasteiger charge is -2.24. The highest BCUT2D eigenvalue weighted by atomic mass is 16.2. The van der Waals surface area contributed by atoms with Crippen LogP contribution in [0.15, 0.2) is 24.3 Å². The van der Waals surface area contributed by atoms with Crippen molar-refractivity contribution < 1.29 is 9.59 Å². The molecule has 1 fully saturated rings. The molecule has 4 heteroatoms. The smallest absolute Gasteiger partial charge is 0.252 e. The number of carbonyl (C=O) groups excluding carboxylic acids is 2. The molecule has 0 radical (unpaired) electrons. The summed E-state index contributed by atoms with van der Waals surface area (Å²) >= 11 is 0. The Morgan fingerprint density at radius 1 is 1.14 bits per heavy atom. The summed E-state index contributed by atoms with van der Waals surface area (Å²) < 4.78 is 0. The number of hydrogen-bond acceptors (Lipinski definition) is 3. The van der Waals surface area contributed by atoms with Crippen molar-refractivity contribution >= 4 is 17.5 Å². The molecule has 2 rings (SSSR count). The second kappa shape index (κ2) is 6.74. The molecule has 4 nitrogen and oxygen atoms in total. The van der Waals surface area contributed by atoms with Gasteiger partial charge in [-0.1, -0.05) is 32.9 Å². The SMILES string of the molecule is CCc1ccc(NC2CC(=O)N(C(CC)CC)C2=O)cc1. The van der Waals surface area contributed by atoms with Crippen molar-refractivity contribution in [3.05, 3.63) is 29.8 Å². The lowest BCUT2D eigenvalue weighted by atomic mass is 10.1. The molecule has 1 saturated heterocycles. The van der Waals surface area contributed by atoms with Gasteiger partial charge < -0.3 is 5.32 Å². The van der Waals surface area contributed by atoms with Crippen LogP contribution in [0, 0.1) is 0 Å². The van der Waals surface area contributed by atoms with E-state index in [9.17, 15) is 9.59 Å². The molecule has 0 spiro atoms. The molecule has 1 heterocycles. The number of likely N-dealkylation sites (tertiary alicyclic amines) is 1. The standard InChI is InChI=1S/C17H24N2O2/c1-4-12-7-9-13(10-8-12)18-15-11-16(20)19(17(15)21)14(5-2)6-3/h7-10,14-15,18H,4-6,11H2,1-3H3. The zero-order valence-corrected chi connectivity index (χ0v) is 13.1. The first-order chi connectivity index (χ1) is 10.1. The first-order valence-corrected chi connectivity index (χ1v) is 7.82. The fourth-order valence-corrected chi connectivity index (χ4v) is 2.84. The predicted octanol–water partition coefficient (Wildman–Crippen LogP) is 2.98. The third kappa shape index (κ3) is 3.26. The van der Waals surface area contributed by atoms with Crippen LogP contribution in [-0.2, 0) is 16.0 Å². The van der Waals surface area contributed by atoms with Crippen LogP contribution in [0.3, 0.4) is 0 Å². The van der Waals surface area contributed by atoms with Gasteiger partial charge in [0.25, 0.3) is 5.91 Å². The maximum Gasteiger partial charge on any atom is 0.252 e. The summed E-state index contributed by atoms with van der Waals surface area (Å²) in [5, 5.41) is 3.19. The average molecular weight is 288 g/mol.